The average molecular weight is 307 g/mol. The number of aromatic hydroxyl groups is 1. The van der Waals surface area contributed by atoms with Gasteiger partial charge >= 0.3 is 5.97 Å². The van der Waals surface area contributed by atoms with Gasteiger partial charge in [-0.3, -0.25) is 9.59 Å². The first-order valence-electron chi connectivity index (χ1n) is 7.03. The lowest BCUT2D eigenvalue weighted by Crippen LogP contribution is -2.46. The van der Waals surface area contributed by atoms with E-state index in [0.717, 1.165) is 0 Å². The number of rotatable bonds is 4. The minimum absolute atomic E-state index is 0.0334. The highest BCUT2D eigenvalue weighted by Crippen LogP contribution is 2.46. The monoisotopic (exact) mass is 307 g/mol. The molecule has 22 heavy (non-hydrogen) atoms. The van der Waals surface area contributed by atoms with Gasteiger partial charge in [0.15, 0.2) is 11.5 Å². The van der Waals surface area contributed by atoms with Gasteiger partial charge in [0.2, 0.25) is 6.10 Å². The zero-order valence-electron chi connectivity index (χ0n) is 12.1. The SMILES string of the molecule is COC(=O)C1(CNC(=O)[C@@H]2COc3ccc(O)cc3O2)CC1. The second-order valence-corrected chi connectivity index (χ2v) is 5.54. The Hall–Kier alpha value is -2.44. The van der Waals surface area contributed by atoms with Crippen molar-refractivity contribution in [3.8, 4) is 17.2 Å². The van der Waals surface area contributed by atoms with Gasteiger partial charge < -0.3 is 24.6 Å². The molecule has 118 valence electrons. The second kappa shape index (κ2) is 5.40. The lowest BCUT2D eigenvalue weighted by atomic mass is 10.1. The lowest BCUT2D eigenvalue weighted by molar-refractivity contribution is -0.147. The van der Waals surface area contributed by atoms with E-state index in [0.29, 0.717) is 24.3 Å². The van der Waals surface area contributed by atoms with Crippen LogP contribution in [0.25, 0.3) is 0 Å². The lowest BCUT2D eigenvalue weighted by Gasteiger charge is -2.26. The fraction of sp³-hybridized carbons (Fsp3) is 0.467. The number of phenolic OH excluding ortho intramolecular Hbond substituents is 1. The molecule has 2 aliphatic rings. The van der Waals surface area contributed by atoms with Gasteiger partial charge in [-0.05, 0) is 25.0 Å². The van der Waals surface area contributed by atoms with E-state index in [-0.39, 0.29) is 30.8 Å². The van der Waals surface area contributed by atoms with Crippen LogP contribution in [0.3, 0.4) is 0 Å². The summed E-state index contributed by atoms with van der Waals surface area (Å²) in [6, 6.07) is 4.46. The fourth-order valence-corrected chi connectivity index (χ4v) is 2.38. The number of carbonyl (C=O) groups is 2. The Morgan fingerprint density at radius 3 is 2.86 bits per heavy atom. The molecule has 2 N–H and O–H groups in total. The maximum Gasteiger partial charge on any atom is 0.313 e. The van der Waals surface area contributed by atoms with E-state index in [2.05, 4.69) is 5.32 Å². The number of ether oxygens (including phenoxy) is 3. The minimum Gasteiger partial charge on any atom is -0.508 e. The Bertz CT molecular complexity index is 610. The first-order chi connectivity index (χ1) is 10.5. The molecule has 1 atom stereocenters. The van der Waals surface area contributed by atoms with Gasteiger partial charge in [0, 0.05) is 12.6 Å². The van der Waals surface area contributed by atoms with Crippen molar-refractivity contribution < 1.29 is 28.9 Å². The van der Waals surface area contributed by atoms with Gasteiger partial charge in [-0.1, -0.05) is 0 Å². The molecule has 0 unspecified atom stereocenters. The summed E-state index contributed by atoms with van der Waals surface area (Å²) in [6.07, 6.45) is 0.597. The summed E-state index contributed by atoms with van der Waals surface area (Å²) in [5.41, 5.74) is -0.587. The first-order valence-corrected chi connectivity index (χ1v) is 7.03. The van der Waals surface area contributed by atoms with Gasteiger partial charge in [0.05, 0.1) is 12.5 Å². The van der Waals surface area contributed by atoms with Crippen LogP contribution in [0.4, 0.5) is 0 Å². The normalized spacial score (nSPS) is 20.9. The van der Waals surface area contributed by atoms with Crippen molar-refractivity contribution in [3.05, 3.63) is 18.2 Å². The number of hydrogen-bond acceptors (Lipinski definition) is 6. The Balaban J connectivity index is 1.59. The number of phenols is 1. The molecule has 1 saturated carbocycles. The number of esters is 1. The summed E-state index contributed by atoms with van der Waals surface area (Å²) < 4.78 is 15.7. The molecule has 0 saturated heterocycles. The molecule has 0 radical (unpaired) electrons. The quantitative estimate of drug-likeness (QED) is 0.791. The summed E-state index contributed by atoms with van der Waals surface area (Å²) in [5, 5.41) is 12.1. The van der Waals surface area contributed by atoms with Crippen molar-refractivity contribution in [2.45, 2.75) is 18.9 Å². The molecule has 0 spiro atoms. The first kappa shape index (κ1) is 14.5. The van der Waals surface area contributed by atoms with Crippen molar-refractivity contribution >= 4 is 11.9 Å². The van der Waals surface area contributed by atoms with Crippen LogP contribution in [0.5, 0.6) is 17.2 Å². The van der Waals surface area contributed by atoms with Crippen molar-refractivity contribution in [1.82, 2.24) is 5.32 Å². The van der Waals surface area contributed by atoms with E-state index < -0.39 is 11.5 Å². The van der Waals surface area contributed by atoms with E-state index in [9.17, 15) is 14.7 Å². The maximum atomic E-state index is 12.1. The standard InChI is InChI=1S/C15H17NO6/c1-20-14(19)15(4-5-15)8-16-13(18)12-7-21-10-3-2-9(17)6-11(10)22-12/h2-3,6,12,17H,4-5,7-8H2,1H3,(H,16,18)/t12-/m0/s1. The molecule has 7 heteroatoms. The topological polar surface area (TPSA) is 94.1 Å². The molecule has 1 fully saturated rings. The third-order valence-electron chi connectivity index (χ3n) is 3.95. The third kappa shape index (κ3) is 2.66. The minimum atomic E-state index is -0.817. The van der Waals surface area contributed by atoms with E-state index in [1.54, 1.807) is 6.07 Å². The number of hydrogen-bond donors (Lipinski definition) is 2. The summed E-state index contributed by atoms with van der Waals surface area (Å²) in [7, 11) is 1.34. The van der Waals surface area contributed by atoms with Crippen LogP contribution in [-0.2, 0) is 14.3 Å². The molecule has 1 amide bonds. The smallest absolute Gasteiger partial charge is 0.313 e. The predicted octanol–water partition coefficient (Wildman–Crippen LogP) is 0.601. The zero-order chi connectivity index (χ0) is 15.7. The van der Waals surface area contributed by atoms with Gasteiger partial charge in [0.25, 0.3) is 5.91 Å². The van der Waals surface area contributed by atoms with Crippen molar-refractivity contribution in [2.24, 2.45) is 5.41 Å². The van der Waals surface area contributed by atoms with Crippen LogP contribution >= 0.6 is 0 Å². The number of amides is 1. The highest BCUT2D eigenvalue weighted by Gasteiger charge is 2.51. The van der Waals surface area contributed by atoms with Crippen LogP contribution in [0.1, 0.15) is 12.8 Å². The van der Waals surface area contributed by atoms with Gasteiger partial charge in [0.1, 0.15) is 12.4 Å². The molecule has 1 aromatic rings. The summed E-state index contributed by atoms with van der Waals surface area (Å²) in [6.45, 7) is 0.306. The van der Waals surface area contributed by atoms with E-state index in [1.807, 2.05) is 0 Å². The van der Waals surface area contributed by atoms with Gasteiger partial charge in [-0.2, -0.15) is 0 Å². The molecule has 1 aromatic carbocycles. The maximum absolute atomic E-state index is 12.1. The predicted molar refractivity (Wildman–Crippen MR) is 74.7 cm³/mol. The number of carbonyl (C=O) groups excluding carboxylic acids is 2. The van der Waals surface area contributed by atoms with Gasteiger partial charge in [-0.25, -0.2) is 0 Å². The van der Waals surface area contributed by atoms with Crippen molar-refractivity contribution in [1.29, 1.82) is 0 Å². The number of nitrogens with one attached hydrogen (secondary N) is 1. The van der Waals surface area contributed by atoms with Crippen LogP contribution in [0, 0.1) is 5.41 Å². The Morgan fingerprint density at radius 1 is 1.41 bits per heavy atom. The number of fused-ring (bicyclic) bond motifs is 1. The van der Waals surface area contributed by atoms with Crippen LogP contribution < -0.4 is 14.8 Å². The molecule has 1 aliphatic carbocycles. The van der Waals surface area contributed by atoms with Crippen LogP contribution in [0.2, 0.25) is 0 Å². The molecule has 7 nitrogen and oxygen atoms in total. The zero-order valence-corrected chi connectivity index (χ0v) is 12.1. The van der Waals surface area contributed by atoms with E-state index in [1.165, 1.54) is 19.2 Å². The molecule has 0 bridgehead atoms. The fourth-order valence-electron chi connectivity index (χ4n) is 2.38. The molecule has 1 heterocycles. The summed E-state index contributed by atoms with van der Waals surface area (Å²) in [4.78, 5) is 23.8. The molecule has 3 rings (SSSR count). The van der Waals surface area contributed by atoms with E-state index >= 15 is 0 Å². The Kier molecular flexibility index (Phi) is 3.56. The summed E-state index contributed by atoms with van der Waals surface area (Å²) in [5.74, 6) is 0.176. The van der Waals surface area contributed by atoms with Crippen LogP contribution in [0.15, 0.2) is 18.2 Å². The molecule has 0 aromatic heterocycles. The van der Waals surface area contributed by atoms with Crippen molar-refractivity contribution in [2.75, 3.05) is 20.3 Å². The van der Waals surface area contributed by atoms with Crippen molar-refractivity contribution in [3.63, 3.8) is 0 Å². The number of benzene rings is 1. The number of methoxy groups -OCH3 is 1. The van der Waals surface area contributed by atoms with E-state index in [4.69, 9.17) is 14.2 Å². The highest BCUT2D eigenvalue weighted by atomic mass is 16.6. The molecular formula is C15H17NO6. The Morgan fingerprint density at radius 2 is 2.18 bits per heavy atom. The highest BCUT2D eigenvalue weighted by molar-refractivity contribution is 5.84. The Labute approximate surface area is 127 Å². The molecular weight excluding hydrogens is 290 g/mol. The third-order valence-corrected chi connectivity index (χ3v) is 3.95. The summed E-state index contributed by atoms with van der Waals surface area (Å²) >= 11 is 0. The van der Waals surface area contributed by atoms with Gasteiger partial charge in [-0.15, -0.1) is 0 Å². The average Bonchev–Trinajstić information content (AvgIpc) is 3.32. The largest absolute Gasteiger partial charge is 0.508 e. The molecule has 1 aliphatic heterocycles. The second-order valence-electron chi connectivity index (χ2n) is 5.54. The van der Waals surface area contributed by atoms with Crippen LogP contribution in [-0.4, -0.2) is 43.3 Å².